The highest BCUT2D eigenvalue weighted by atomic mass is 16.5. The van der Waals surface area contributed by atoms with Crippen molar-refractivity contribution in [3.8, 4) is 0 Å². The number of aliphatic imine (C=N–C) groups is 1. The van der Waals surface area contributed by atoms with E-state index in [0.717, 1.165) is 38.1 Å². The zero-order valence-electron chi connectivity index (χ0n) is 13.5. The fourth-order valence-electron chi connectivity index (χ4n) is 2.36. The molecule has 1 unspecified atom stereocenters. The predicted molar refractivity (Wildman–Crippen MR) is 83.2 cm³/mol. The number of ether oxygens (including phenoxy) is 2. The number of methoxy groups -OCH3 is 1. The van der Waals surface area contributed by atoms with Gasteiger partial charge in [-0.1, -0.05) is 13.8 Å². The topological polar surface area (TPSA) is 46.1 Å². The van der Waals surface area contributed by atoms with Crippen molar-refractivity contribution in [2.24, 2.45) is 16.8 Å². The quantitative estimate of drug-likeness (QED) is 0.418. The van der Waals surface area contributed by atoms with Crippen LogP contribution in [0.3, 0.4) is 0 Å². The fourth-order valence-corrected chi connectivity index (χ4v) is 2.36. The van der Waals surface area contributed by atoms with Crippen molar-refractivity contribution < 1.29 is 9.47 Å². The molecule has 1 fully saturated rings. The molecule has 1 rings (SSSR count). The van der Waals surface area contributed by atoms with Crippen molar-refractivity contribution in [2.75, 3.05) is 53.6 Å². The first-order valence-electron chi connectivity index (χ1n) is 7.69. The van der Waals surface area contributed by atoms with E-state index in [0.29, 0.717) is 19.1 Å². The monoisotopic (exact) mass is 285 g/mol. The molecule has 5 nitrogen and oxygen atoms in total. The molecule has 0 amide bonds. The molecule has 1 N–H and O–H groups in total. The zero-order chi connectivity index (χ0) is 14.8. The van der Waals surface area contributed by atoms with Crippen molar-refractivity contribution in [1.82, 2.24) is 10.2 Å². The highest BCUT2D eigenvalue weighted by Crippen LogP contribution is 2.16. The van der Waals surface area contributed by atoms with Crippen LogP contribution in [0, 0.1) is 11.8 Å². The molecule has 0 bridgehead atoms. The van der Waals surface area contributed by atoms with E-state index in [-0.39, 0.29) is 0 Å². The van der Waals surface area contributed by atoms with E-state index in [1.165, 1.54) is 12.8 Å². The van der Waals surface area contributed by atoms with Crippen molar-refractivity contribution >= 4 is 5.96 Å². The van der Waals surface area contributed by atoms with Gasteiger partial charge in [-0.05, 0) is 18.8 Å². The highest BCUT2D eigenvalue weighted by molar-refractivity contribution is 5.80. The first-order valence-corrected chi connectivity index (χ1v) is 7.69. The van der Waals surface area contributed by atoms with Crippen LogP contribution in [0.2, 0.25) is 0 Å². The van der Waals surface area contributed by atoms with Crippen LogP contribution in [0.15, 0.2) is 4.99 Å². The minimum atomic E-state index is 0.607. The zero-order valence-corrected chi connectivity index (χ0v) is 13.5. The summed E-state index contributed by atoms with van der Waals surface area (Å²) in [6.45, 7) is 9.78. The Kier molecular flexibility index (Phi) is 8.62. The third-order valence-electron chi connectivity index (χ3n) is 3.59. The van der Waals surface area contributed by atoms with E-state index in [9.17, 15) is 0 Å². The van der Waals surface area contributed by atoms with Gasteiger partial charge in [0.1, 0.15) is 0 Å². The normalized spacial score (nSPS) is 19.9. The summed E-state index contributed by atoms with van der Waals surface area (Å²) in [4.78, 5) is 6.72. The SMILES string of the molecule is CN=C(NCCC(C)C)N1CCC(COCCOC)C1. The Bertz CT molecular complexity index is 282. The van der Waals surface area contributed by atoms with Gasteiger partial charge in [-0.15, -0.1) is 0 Å². The Balaban J connectivity index is 2.23. The molecule has 1 heterocycles. The predicted octanol–water partition coefficient (Wildman–Crippen LogP) is 1.59. The summed E-state index contributed by atoms with van der Waals surface area (Å²) in [5.74, 6) is 2.36. The van der Waals surface area contributed by atoms with Crippen LogP contribution in [0.5, 0.6) is 0 Å². The summed E-state index contributed by atoms with van der Waals surface area (Å²) in [5, 5.41) is 3.45. The Labute approximate surface area is 123 Å². The Morgan fingerprint density at radius 3 is 2.85 bits per heavy atom. The van der Waals surface area contributed by atoms with Crippen LogP contribution in [0.25, 0.3) is 0 Å². The second-order valence-corrected chi connectivity index (χ2v) is 5.82. The molecular weight excluding hydrogens is 254 g/mol. The van der Waals surface area contributed by atoms with Crippen molar-refractivity contribution in [1.29, 1.82) is 0 Å². The van der Waals surface area contributed by atoms with Gasteiger partial charge in [-0.25, -0.2) is 0 Å². The first-order chi connectivity index (χ1) is 9.67. The van der Waals surface area contributed by atoms with Gasteiger partial charge in [0.2, 0.25) is 0 Å². The van der Waals surface area contributed by atoms with Gasteiger partial charge in [0, 0.05) is 39.7 Å². The number of rotatable bonds is 8. The molecule has 0 aliphatic carbocycles. The average Bonchev–Trinajstić information content (AvgIpc) is 2.88. The maximum atomic E-state index is 5.62. The van der Waals surface area contributed by atoms with Gasteiger partial charge in [0.25, 0.3) is 0 Å². The summed E-state index contributed by atoms with van der Waals surface area (Å²) >= 11 is 0. The second kappa shape index (κ2) is 10.00. The Morgan fingerprint density at radius 2 is 2.20 bits per heavy atom. The lowest BCUT2D eigenvalue weighted by Gasteiger charge is -2.22. The van der Waals surface area contributed by atoms with E-state index in [4.69, 9.17) is 9.47 Å². The van der Waals surface area contributed by atoms with Gasteiger partial charge >= 0.3 is 0 Å². The van der Waals surface area contributed by atoms with Crippen LogP contribution >= 0.6 is 0 Å². The molecule has 1 atom stereocenters. The molecule has 5 heteroatoms. The standard InChI is InChI=1S/C15H31N3O2/c1-13(2)5-7-17-15(16-3)18-8-6-14(11-18)12-20-10-9-19-4/h13-14H,5-12H2,1-4H3,(H,16,17). The summed E-state index contributed by atoms with van der Waals surface area (Å²) in [7, 11) is 3.56. The lowest BCUT2D eigenvalue weighted by atomic mass is 10.1. The molecule has 0 spiro atoms. The van der Waals surface area contributed by atoms with E-state index in [1.54, 1.807) is 7.11 Å². The number of hydrogen-bond acceptors (Lipinski definition) is 3. The summed E-state index contributed by atoms with van der Waals surface area (Å²) in [6.07, 6.45) is 2.36. The lowest BCUT2D eigenvalue weighted by Crippen LogP contribution is -2.40. The Morgan fingerprint density at radius 1 is 1.40 bits per heavy atom. The maximum absolute atomic E-state index is 5.62. The number of nitrogens with zero attached hydrogens (tertiary/aromatic N) is 2. The molecule has 1 aliphatic heterocycles. The third-order valence-corrected chi connectivity index (χ3v) is 3.59. The minimum Gasteiger partial charge on any atom is -0.382 e. The summed E-state index contributed by atoms with van der Waals surface area (Å²) in [6, 6.07) is 0. The van der Waals surface area contributed by atoms with Crippen LogP contribution in [0.1, 0.15) is 26.7 Å². The maximum Gasteiger partial charge on any atom is 0.193 e. The molecule has 0 aromatic heterocycles. The molecule has 0 aromatic carbocycles. The average molecular weight is 285 g/mol. The van der Waals surface area contributed by atoms with E-state index in [1.807, 2.05) is 7.05 Å². The highest BCUT2D eigenvalue weighted by Gasteiger charge is 2.24. The lowest BCUT2D eigenvalue weighted by molar-refractivity contribution is 0.0536. The van der Waals surface area contributed by atoms with Crippen molar-refractivity contribution in [2.45, 2.75) is 26.7 Å². The van der Waals surface area contributed by atoms with Gasteiger partial charge in [-0.3, -0.25) is 4.99 Å². The smallest absolute Gasteiger partial charge is 0.193 e. The van der Waals surface area contributed by atoms with Gasteiger partial charge in [-0.2, -0.15) is 0 Å². The fraction of sp³-hybridized carbons (Fsp3) is 0.933. The van der Waals surface area contributed by atoms with Crippen LogP contribution in [0.4, 0.5) is 0 Å². The van der Waals surface area contributed by atoms with Crippen LogP contribution < -0.4 is 5.32 Å². The molecule has 1 saturated heterocycles. The number of likely N-dealkylation sites (tertiary alicyclic amines) is 1. The molecule has 118 valence electrons. The molecule has 0 radical (unpaired) electrons. The molecule has 20 heavy (non-hydrogen) atoms. The molecule has 0 aromatic rings. The van der Waals surface area contributed by atoms with E-state index >= 15 is 0 Å². The minimum absolute atomic E-state index is 0.607. The van der Waals surface area contributed by atoms with Crippen molar-refractivity contribution in [3.05, 3.63) is 0 Å². The molecular formula is C15H31N3O2. The largest absolute Gasteiger partial charge is 0.382 e. The van der Waals surface area contributed by atoms with Gasteiger partial charge in [0.05, 0.1) is 19.8 Å². The van der Waals surface area contributed by atoms with Gasteiger partial charge in [0.15, 0.2) is 5.96 Å². The molecule has 1 aliphatic rings. The summed E-state index contributed by atoms with van der Waals surface area (Å²) < 4.78 is 10.6. The van der Waals surface area contributed by atoms with Crippen molar-refractivity contribution in [3.63, 3.8) is 0 Å². The van der Waals surface area contributed by atoms with Crippen LogP contribution in [-0.2, 0) is 9.47 Å². The van der Waals surface area contributed by atoms with Crippen LogP contribution in [-0.4, -0.2) is 64.5 Å². The first kappa shape index (κ1) is 17.2. The Hall–Kier alpha value is -0.810. The number of hydrogen-bond donors (Lipinski definition) is 1. The number of nitrogens with one attached hydrogen (secondary N) is 1. The third kappa shape index (κ3) is 6.57. The molecule has 0 saturated carbocycles. The number of guanidine groups is 1. The summed E-state index contributed by atoms with van der Waals surface area (Å²) in [5.41, 5.74) is 0. The second-order valence-electron chi connectivity index (χ2n) is 5.82. The van der Waals surface area contributed by atoms with E-state index in [2.05, 4.69) is 29.1 Å². The van der Waals surface area contributed by atoms with E-state index < -0.39 is 0 Å². The van der Waals surface area contributed by atoms with Gasteiger partial charge < -0.3 is 19.7 Å².